The number of hydrogen-bond acceptors (Lipinski definition) is 5. The predicted octanol–water partition coefficient (Wildman–Crippen LogP) is -0.0197. The van der Waals surface area contributed by atoms with E-state index in [1.807, 2.05) is 42.5 Å². The summed E-state index contributed by atoms with van der Waals surface area (Å²) < 4.78 is 0. The van der Waals surface area contributed by atoms with E-state index in [-0.39, 0.29) is 24.5 Å². The van der Waals surface area contributed by atoms with Gasteiger partial charge in [0.25, 0.3) is 0 Å². The van der Waals surface area contributed by atoms with Crippen molar-refractivity contribution >= 4 is 24.8 Å². The number of nitrogens with zero attached hydrogens (tertiary/aromatic N) is 1. The van der Waals surface area contributed by atoms with Gasteiger partial charge in [-0.2, -0.15) is 5.32 Å². The maximum atomic E-state index is 10.8. The standard InChI is InChI=1S/C17H19N3O3/c21-12-20-15(8-4-7-13-5-2-1-3-6-13)16-9-14(10-17(22)23)18-11-19-16/h1-7,12,14-16H,8-10H2,(H2-,18,19,20,21,22,23)/b7-4+/t14-,15-,16+/m1/s1. The molecule has 0 saturated heterocycles. The molecule has 2 rings (SSSR count). The molecule has 0 aromatic heterocycles. The Morgan fingerprint density at radius 1 is 1.48 bits per heavy atom. The third-order valence-electron chi connectivity index (χ3n) is 3.69. The van der Waals surface area contributed by atoms with Crippen LogP contribution in [0.25, 0.3) is 6.08 Å². The first-order valence-corrected chi connectivity index (χ1v) is 7.50. The number of carboxylic acid groups (broad SMARTS) is 1. The molecule has 0 bridgehead atoms. The van der Waals surface area contributed by atoms with Gasteiger partial charge in [0.1, 0.15) is 6.04 Å². The molecule has 0 radical (unpaired) electrons. The van der Waals surface area contributed by atoms with E-state index in [0.29, 0.717) is 19.3 Å². The lowest BCUT2D eigenvalue weighted by Crippen LogP contribution is -2.51. The fraction of sp³-hybridized carbons (Fsp3) is 0.353. The summed E-state index contributed by atoms with van der Waals surface area (Å²) in [5, 5.41) is 16.4. The Kier molecular flexibility index (Phi) is 6.27. The molecule has 0 unspecified atom stereocenters. The minimum absolute atomic E-state index is 0.123. The molecule has 1 aliphatic heterocycles. The number of nitrogens with one attached hydrogen (secondary N) is 2. The minimum Gasteiger partial charge on any atom is -0.550 e. The summed E-state index contributed by atoms with van der Waals surface area (Å²) in [6.45, 7) is 0. The van der Waals surface area contributed by atoms with E-state index in [0.717, 1.165) is 5.56 Å². The van der Waals surface area contributed by atoms with Crippen LogP contribution >= 0.6 is 0 Å². The van der Waals surface area contributed by atoms with Crippen LogP contribution in [0.1, 0.15) is 24.8 Å². The van der Waals surface area contributed by atoms with Crippen LogP contribution in [0.3, 0.4) is 0 Å². The molecule has 1 aliphatic rings. The number of carbonyl (C=O) groups excluding carboxylic acids is 2. The smallest absolute Gasteiger partial charge is 0.515 e. The quantitative estimate of drug-likeness (QED) is 0.521. The van der Waals surface area contributed by atoms with Gasteiger partial charge >= 0.3 is 6.34 Å². The molecule has 0 fully saturated rings. The first-order chi connectivity index (χ1) is 11.2. The van der Waals surface area contributed by atoms with Gasteiger partial charge in [0.15, 0.2) is 0 Å². The first kappa shape index (κ1) is 16.6. The zero-order chi connectivity index (χ0) is 16.5. The van der Waals surface area contributed by atoms with Gasteiger partial charge < -0.3 is 15.2 Å². The Morgan fingerprint density at radius 3 is 2.96 bits per heavy atom. The number of rotatable bonds is 8. The lowest BCUT2D eigenvalue weighted by molar-refractivity contribution is -0.306. The van der Waals surface area contributed by atoms with Gasteiger partial charge in [-0.3, -0.25) is 4.79 Å². The molecule has 6 heteroatoms. The molecule has 1 aromatic carbocycles. The van der Waals surface area contributed by atoms with Crippen LogP contribution < -0.4 is 15.7 Å². The van der Waals surface area contributed by atoms with Crippen LogP contribution in [0.5, 0.6) is 0 Å². The zero-order valence-corrected chi connectivity index (χ0v) is 12.6. The summed E-state index contributed by atoms with van der Waals surface area (Å²) in [7, 11) is 0. The van der Waals surface area contributed by atoms with Crippen LogP contribution in [-0.2, 0) is 9.59 Å². The van der Waals surface area contributed by atoms with Crippen molar-refractivity contribution in [1.29, 1.82) is 0 Å². The molecule has 23 heavy (non-hydrogen) atoms. The van der Waals surface area contributed by atoms with Gasteiger partial charge in [-0.15, -0.1) is 0 Å². The summed E-state index contributed by atoms with van der Waals surface area (Å²) in [6, 6.07) is 9.19. The zero-order valence-electron chi connectivity index (χ0n) is 12.6. The third-order valence-corrected chi connectivity index (χ3v) is 3.69. The molecule has 3 atom stereocenters. The fourth-order valence-electron chi connectivity index (χ4n) is 2.55. The molecule has 0 aliphatic carbocycles. The van der Waals surface area contributed by atoms with E-state index >= 15 is 0 Å². The Labute approximate surface area is 135 Å². The molecule has 1 heterocycles. The van der Waals surface area contributed by atoms with E-state index in [4.69, 9.17) is 0 Å². The highest BCUT2D eigenvalue weighted by atomic mass is 16.4. The number of aliphatic carboxylic acids is 1. The van der Waals surface area contributed by atoms with Crippen LogP contribution in [0.4, 0.5) is 0 Å². The average Bonchev–Trinajstić information content (AvgIpc) is 2.55. The molecule has 1 aromatic rings. The second-order valence-corrected chi connectivity index (χ2v) is 5.40. The highest BCUT2D eigenvalue weighted by molar-refractivity contribution is 5.66. The monoisotopic (exact) mass is 313 g/mol. The number of carbonyl (C=O) groups is 2. The lowest BCUT2D eigenvalue weighted by atomic mass is 9.95. The maximum Gasteiger partial charge on any atom is 0.515 e. The molecular weight excluding hydrogens is 294 g/mol. The Hall–Kier alpha value is -2.72. The van der Waals surface area contributed by atoms with Crippen LogP contribution in [0.15, 0.2) is 41.4 Å². The molecule has 2 N–H and O–H groups in total. The average molecular weight is 313 g/mol. The molecule has 1 amide bonds. The molecular formula is C17H19N3O3. The highest BCUT2D eigenvalue weighted by Gasteiger charge is 2.32. The largest absolute Gasteiger partial charge is 0.550 e. The van der Waals surface area contributed by atoms with Crippen LogP contribution in [0, 0.1) is 0 Å². The molecule has 120 valence electrons. The lowest BCUT2D eigenvalue weighted by Gasteiger charge is -2.25. The molecule has 6 nitrogen and oxygen atoms in total. The van der Waals surface area contributed by atoms with Gasteiger partial charge in [0, 0.05) is 18.8 Å². The fourth-order valence-corrected chi connectivity index (χ4v) is 2.55. The van der Waals surface area contributed by atoms with Crippen molar-refractivity contribution in [2.24, 2.45) is 4.99 Å². The summed E-state index contributed by atoms with van der Waals surface area (Å²) in [5.74, 6) is -1.13. The SMILES string of the molecule is O=CN[C@H](C/C=C/c1ccccc1)[C@@H]1C[C@H](CC(=O)[O-])N=[C+]N1. The number of carboxylic acids is 1. The third kappa shape index (κ3) is 5.52. The second kappa shape index (κ2) is 8.66. The number of amides is 1. The summed E-state index contributed by atoms with van der Waals surface area (Å²) in [6.07, 6.45) is 8.25. The van der Waals surface area contributed by atoms with Crippen molar-refractivity contribution in [2.75, 3.05) is 0 Å². The maximum absolute atomic E-state index is 10.8. The van der Waals surface area contributed by atoms with Crippen LogP contribution in [0.2, 0.25) is 0 Å². The Bertz CT molecular complexity index is 572. The Morgan fingerprint density at radius 2 is 2.26 bits per heavy atom. The van der Waals surface area contributed by atoms with Gasteiger partial charge in [-0.1, -0.05) is 42.5 Å². The Balaban J connectivity index is 1.95. The second-order valence-electron chi connectivity index (χ2n) is 5.40. The van der Waals surface area contributed by atoms with Crippen molar-refractivity contribution in [3.8, 4) is 0 Å². The van der Waals surface area contributed by atoms with E-state index in [1.165, 1.54) is 0 Å². The predicted molar refractivity (Wildman–Crippen MR) is 85.5 cm³/mol. The van der Waals surface area contributed by atoms with Gasteiger partial charge in [-0.05, 0) is 17.0 Å². The van der Waals surface area contributed by atoms with Crippen molar-refractivity contribution in [3.63, 3.8) is 0 Å². The summed E-state index contributed by atoms with van der Waals surface area (Å²) >= 11 is 0. The van der Waals surface area contributed by atoms with Crippen molar-refractivity contribution in [3.05, 3.63) is 42.0 Å². The van der Waals surface area contributed by atoms with Crippen LogP contribution in [-0.4, -0.2) is 36.8 Å². The van der Waals surface area contributed by atoms with Crippen molar-refractivity contribution < 1.29 is 14.7 Å². The highest BCUT2D eigenvalue weighted by Crippen LogP contribution is 2.15. The number of benzene rings is 1. The topological polar surface area (TPSA) is 93.6 Å². The molecule has 0 spiro atoms. The van der Waals surface area contributed by atoms with Crippen molar-refractivity contribution in [2.45, 2.75) is 37.4 Å². The van der Waals surface area contributed by atoms with Crippen molar-refractivity contribution in [1.82, 2.24) is 10.6 Å². The normalized spacial score (nSPS) is 21.2. The van der Waals surface area contributed by atoms with E-state index in [9.17, 15) is 14.7 Å². The van der Waals surface area contributed by atoms with Gasteiger partial charge in [0.05, 0.1) is 12.1 Å². The van der Waals surface area contributed by atoms with E-state index in [1.54, 1.807) is 0 Å². The van der Waals surface area contributed by atoms with E-state index < -0.39 is 5.97 Å². The summed E-state index contributed by atoms with van der Waals surface area (Å²) in [5.41, 5.74) is 1.08. The van der Waals surface area contributed by atoms with E-state index in [2.05, 4.69) is 22.0 Å². The minimum atomic E-state index is -1.13. The first-order valence-electron chi connectivity index (χ1n) is 7.50. The number of aliphatic imine (C=N–C) groups is 1. The van der Waals surface area contributed by atoms with Gasteiger partial charge in [-0.25, -0.2) is 0 Å². The van der Waals surface area contributed by atoms with Gasteiger partial charge in [0.2, 0.25) is 6.41 Å². The molecule has 0 saturated carbocycles. The summed E-state index contributed by atoms with van der Waals surface area (Å²) in [4.78, 5) is 25.5. The number of hydrogen-bond donors (Lipinski definition) is 2.